The van der Waals surface area contributed by atoms with Crippen LogP contribution in [0.3, 0.4) is 0 Å². The summed E-state index contributed by atoms with van der Waals surface area (Å²) in [5, 5.41) is 6.49. The van der Waals surface area contributed by atoms with Gasteiger partial charge in [0.1, 0.15) is 0 Å². The molecule has 0 fully saturated rings. The number of nitrogens with zero attached hydrogens (tertiary/aromatic N) is 4. The van der Waals surface area contributed by atoms with Crippen molar-refractivity contribution in [2.75, 3.05) is 0 Å². The van der Waals surface area contributed by atoms with Gasteiger partial charge in [-0.15, -0.1) is 11.3 Å². The molecule has 0 saturated heterocycles. The Balaban J connectivity index is 1.86. The molecule has 0 aliphatic carbocycles. The second-order valence-electron chi connectivity index (χ2n) is 5.01. The molecule has 0 spiro atoms. The van der Waals surface area contributed by atoms with Gasteiger partial charge in [0, 0.05) is 41.6 Å². The zero-order valence-electron chi connectivity index (χ0n) is 12.1. The van der Waals surface area contributed by atoms with Gasteiger partial charge in [0.05, 0.1) is 22.1 Å². The highest BCUT2D eigenvalue weighted by Gasteiger charge is 2.10. The van der Waals surface area contributed by atoms with Gasteiger partial charge in [-0.25, -0.2) is 4.98 Å². The molecule has 0 N–H and O–H groups in total. The second kappa shape index (κ2) is 5.35. The Morgan fingerprint density at radius 2 is 1.95 bits per heavy atom. The SMILES string of the molecule is CCn1cc(-c2ccc3scc(-c4ccncc4)c3n2)cn1. The molecule has 4 aromatic heterocycles. The summed E-state index contributed by atoms with van der Waals surface area (Å²) >= 11 is 1.72. The van der Waals surface area contributed by atoms with Gasteiger partial charge in [0.25, 0.3) is 0 Å². The third kappa shape index (κ3) is 2.19. The predicted molar refractivity (Wildman–Crippen MR) is 89.7 cm³/mol. The van der Waals surface area contributed by atoms with E-state index in [-0.39, 0.29) is 0 Å². The Bertz CT molecular complexity index is 924. The average Bonchev–Trinajstić information content (AvgIpc) is 3.22. The third-order valence-electron chi connectivity index (χ3n) is 3.66. The molecule has 0 aromatic carbocycles. The molecule has 0 aliphatic heterocycles. The van der Waals surface area contributed by atoms with Crippen molar-refractivity contribution in [3.05, 3.63) is 54.4 Å². The summed E-state index contributed by atoms with van der Waals surface area (Å²) in [7, 11) is 0. The molecule has 4 heterocycles. The van der Waals surface area contributed by atoms with Gasteiger partial charge in [0.2, 0.25) is 0 Å². The molecule has 4 nitrogen and oxygen atoms in total. The lowest BCUT2D eigenvalue weighted by atomic mass is 10.1. The highest BCUT2D eigenvalue weighted by molar-refractivity contribution is 7.17. The molecular formula is C17H14N4S. The van der Waals surface area contributed by atoms with Crippen LogP contribution in [0.15, 0.2) is 54.4 Å². The highest BCUT2D eigenvalue weighted by atomic mass is 32.1. The van der Waals surface area contributed by atoms with Gasteiger partial charge in [-0.1, -0.05) is 0 Å². The summed E-state index contributed by atoms with van der Waals surface area (Å²) in [5.74, 6) is 0. The minimum absolute atomic E-state index is 0.864. The topological polar surface area (TPSA) is 43.6 Å². The normalized spacial score (nSPS) is 11.1. The first-order valence-electron chi connectivity index (χ1n) is 7.16. The first-order valence-corrected chi connectivity index (χ1v) is 8.04. The number of hydrogen-bond donors (Lipinski definition) is 0. The van der Waals surface area contributed by atoms with Crippen LogP contribution < -0.4 is 0 Å². The quantitative estimate of drug-likeness (QED) is 0.568. The van der Waals surface area contributed by atoms with Crippen LogP contribution in [-0.2, 0) is 6.54 Å². The van der Waals surface area contributed by atoms with Crippen molar-refractivity contribution in [3.63, 3.8) is 0 Å². The van der Waals surface area contributed by atoms with Crippen molar-refractivity contribution < 1.29 is 0 Å². The van der Waals surface area contributed by atoms with Crippen LogP contribution in [0.25, 0.3) is 32.6 Å². The number of pyridine rings is 2. The maximum absolute atomic E-state index is 4.87. The van der Waals surface area contributed by atoms with Crippen LogP contribution in [0.5, 0.6) is 0 Å². The van der Waals surface area contributed by atoms with E-state index in [0.717, 1.165) is 34.4 Å². The smallest absolute Gasteiger partial charge is 0.0895 e. The monoisotopic (exact) mass is 306 g/mol. The summed E-state index contributed by atoms with van der Waals surface area (Å²) in [6.07, 6.45) is 7.53. The van der Waals surface area contributed by atoms with Crippen LogP contribution in [-0.4, -0.2) is 19.7 Å². The summed E-state index contributed by atoms with van der Waals surface area (Å²) in [5.41, 5.74) is 5.36. The van der Waals surface area contributed by atoms with Crippen molar-refractivity contribution in [1.82, 2.24) is 19.7 Å². The van der Waals surface area contributed by atoms with E-state index in [4.69, 9.17) is 4.98 Å². The van der Waals surface area contributed by atoms with Gasteiger partial charge in [-0.2, -0.15) is 5.10 Å². The lowest BCUT2D eigenvalue weighted by molar-refractivity contribution is 0.660. The lowest BCUT2D eigenvalue weighted by Crippen LogP contribution is -1.92. The van der Waals surface area contributed by atoms with E-state index in [1.165, 1.54) is 4.70 Å². The molecule has 22 heavy (non-hydrogen) atoms. The van der Waals surface area contributed by atoms with E-state index in [1.54, 1.807) is 11.3 Å². The van der Waals surface area contributed by atoms with E-state index in [2.05, 4.69) is 34.5 Å². The summed E-state index contributed by atoms with van der Waals surface area (Å²) in [4.78, 5) is 8.95. The largest absolute Gasteiger partial charge is 0.272 e. The van der Waals surface area contributed by atoms with E-state index < -0.39 is 0 Å². The first-order chi connectivity index (χ1) is 10.8. The summed E-state index contributed by atoms with van der Waals surface area (Å²) < 4.78 is 3.11. The Labute approximate surface area is 132 Å². The van der Waals surface area contributed by atoms with E-state index in [0.29, 0.717) is 0 Å². The Morgan fingerprint density at radius 3 is 2.73 bits per heavy atom. The van der Waals surface area contributed by atoms with Gasteiger partial charge in [-0.05, 0) is 36.8 Å². The third-order valence-corrected chi connectivity index (χ3v) is 4.60. The maximum Gasteiger partial charge on any atom is 0.0895 e. The van der Waals surface area contributed by atoms with Gasteiger partial charge >= 0.3 is 0 Å². The molecule has 4 rings (SSSR count). The standard InChI is InChI=1S/C17H14N4S/c1-2-21-10-13(9-19-21)15-3-4-16-17(20-15)14(11-22-16)12-5-7-18-8-6-12/h3-11H,2H2,1H3. The molecular weight excluding hydrogens is 292 g/mol. The van der Waals surface area contributed by atoms with Crippen molar-refractivity contribution in [3.8, 4) is 22.4 Å². The Morgan fingerprint density at radius 1 is 1.09 bits per heavy atom. The fraction of sp³-hybridized carbons (Fsp3) is 0.118. The zero-order valence-corrected chi connectivity index (χ0v) is 12.9. The van der Waals surface area contributed by atoms with Gasteiger partial charge in [0.15, 0.2) is 0 Å². The molecule has 0 aliphatic rings. The number of aryl methyl sites for hydroxylation is 1. The van der Waals surface area contributed by atoms with Crippen LogP contribution >= 0.6 is 11.3 Å². The molecule has 0 radical (unpaired) electrons. The summed E-state index contributed by atoms with van der Waals surface area (Å²) in [6, 6.07) is 8.23. The van der Waals surface area contributed by atoms with Crippen LogP contribution in [0, 0.1) is 0 Å². The molecule has 5 heteroatoms. The van der Waals surface area contributed by atoms with E-state index >= 15 is 0 Å². The average molecular weight is 306 g/mol. The molecule has 0 unspecified atom stereocenters. The number of hydrogen-bond acceptors (Lipinski definition) is 4. The van der Waals surface area contributed by atoms with Crippen LogP contribution in [0.4, 0.5) is 0 Å². The number of thiophene rings is 1. The first kappa shape index (κ1) is 13.2. The molecule has 0 bridgehead atoms. The Hall–Kier alpha value is -2.53. The van der Waals surface area contributed by atoms with Crippen molar-refractivity contribution in [2.45, 2.75) is 13.5 Å². The second-order valence-corrected chi connectivity index (χ2v) is 5.92. The minimum atomic E-state index is 0.864. The lowest BCUT2D eigenvalue weighted by Gasteiger charge is -2.01. The van der Waals surface area contributed by atoms with E-state index in [1.807, 2.05) is 41.6 Å². The zero-order chi connectivity index (χ0) is 14.9. The molecule has 0 atom stereocenters. The fourth-order valence-electron chi connectivity index (χ4n) is 2.48. The van der Waals surface area contributed by atoms with Crippen LogP contribution in [0.2, 0.25) is 0 Å². The molecule has 0 saturated carbocycles. The molecule has 4 aromatic rings. The van der Waals surface area contributed by atoms with E-state index in [9.17, 15) is 0 Å². The maximum atomic E-state index is 4.87. The molecule has 108 valence electrons. The number of aromatic nitrogens is 4. The van der Waals surface area contributed by atoms with Crippen LogP contribution in [0.1, 0.15) is 6.92 Å². The number of fused-ring (bicyclic) bond motifs is 1. The van der Waals surface area contributed by atoms with Crippen molar-refractivity contribution in [1.29, 1.82) is 0 Å². The van der Waals surface area contributed by atoms with Crippen molar-refractivity contribution in [2.24, 2.45) is 0 Å². The van der Waals surface area contributed by atoms with Crippen molar-refractivity contribution >= 4 is 21.6 Å². The highest BCUT2D eigenvalue weighted by Crippen LogP contribution is 2.33. The summed E-state index contributed by atoms with van der Waals surface area (Å²) in [6.45, 7) is 2.94. The van der Waals surface area contributed by atoms with Gasteiger partial charge < -0.3 is 0 Å². The number of rotatable bonds is 3. The Kier molecular flexibility index (Phi) is 3.20. The van der Waals surface area contributed by atoms with Gasteiger partial charge in [-0.3, -0.25) is 9.67 Å². The molecule has 0 amide bonds. The predicted octanol–water partition coefficient (Wildman–Crippen LogP) is 4.24. The fourth-order valence-corrected chi connectivity index (χ4v) is 3.38. The minimum Gasteiger partial charge on any atom is -0.272 e.